The van der Waals surface area contributed by atoms with E-state index in [1.165, 1.54) is 20.2 Å². The Morgan fingerprint density at radius 1 is 1.40 bits per heavy atom. The Balaban J connectivity index is 2.96. The molecular weight excluding hydrogens is 223 g/mol. The van der Waals surface area contributed by atoms with Crippen molar-refractivity contribution in [2.75, 3.05) is 18.8 Å². The normalized spacial score (nSPS) is 11.7. The Morgan fingerprint density at radius 2 is 2.00 bits per heavy atom. The third-order valence-electron chi connectivity index (χ3n) is 1.68. The lowest BCUT2D eigenvalue weighted by molar-refractivity contribution is 0.432. The summed E-state index contributed by atoms with van der Waals surface area (Å²) in [5, 5.41) is 8.89. The zero-order chi connectivity index (χ0) is 11.6. The number of phenolic OH excluding ortho intramolecular Hbond substituents is 1. The van der Waals surface area contributed by atoms with Gasteiger partial charge in [0.2, 0.25) is 0 Å². The third kappa shape index (κ3) is 2.80. The summed E-state index contributed by atoms with van der Waals surface area (Å²) in [6.45, 7) is 0. The molecule has 0 aliphatic carbocycles. The fourth-order valence-corrected chi connectivity index (χ4v) is 1.42. The largest absolute Gasteiger partial charge is 0.505 e. The lowest BCUT2D eigenvalue weighted by atomic mass is 10.3. The molecule has 0 saturated carbocycles. The van der Waals surface area contributed by atoms with Crippen molar-refractivity contribution in [3.8, 4) is 5.75 Å². The van der Waals surface area contributed by atoms with Gasteiger partial charge in [-0.15, -0.1) is 0 Å². The number of anilines is 1. The summed E-state index contributed by atoms with van der Waals surface area (Å²) in [4.78, 5) is 0. The standard InChI is InChI=1S/C8H11FN2O3S/c1-11(2)15(13,14)10-6-3-4-8(12)7(9)5-6/h3-5,10,12H,1-2H3. The lowest BCUT2D eigenvalue weighted by Crippen LogP contribution is -2.28. The molecule has 0 bridgehead atoms. The number of benzene rings is 1. The highest BCUT2D eigenvalue weighted by molar-refractivity contribution is 7.90. The summed E-state index contributed by atoms with van der Waals surface area (Å²) in [6.07, 6.45) is 0. The molecule has 0 aliphatic heterocycles. The highest BCUT2D eigenvalue weighted by Gasteiger charge is 2.13. The van der Waals surface area contributed by atoms with Crippen LogP contribution in [0.5, 0.6) is 5.75 Å². The van der Waals surface area contributed by atoms with Crippen LogP contribution >= 0.6 is 0 Å². The van der Waals surface area contributed by atoms with E-state index in [2.05, 4.69) is 4.72 Å². The van der Waals surface area contributed by atoms with Gasteiger partial charge in [-0.1, -0.05) is 0 Å². The molecule has 5 nitrogen and oxygen atoms in total. The van der Waals surface area contributed by atoms with Gasteiger partial charge in [-0.25, -0.2) is 4.39 Å². The van der Waals surface area contributed by atoms with Gasteiger partial charge in [-0.05, 0) is 12.1 Å². The highest BCUT2D eigenvalue weighted by Crippen LogP contribution is 2.20. The molecule has 1 aromatic rings. The van der Waals surface area contributed by atoms with Crippen molar-refractivity contribution in [2.24, 2.45) is 0 Å². The molecule has 7 heteroatoms. The molecule has 15 heavy (non-hydrogen) atoms. The van der Waals surface area contributed by atoms with Gasteiger partial charge in [0.15, 0.2) is 11.6 Å². The van der Waals surface area contributed by atoms with Crippen molar-refractivity contribution in [2.45, 2.75) is 0 Å². The van der Waals surface area contributed by atoms with E-state index in [0.717, 1.165) is 16.4 Å². The Morgan fingerprint density at radius 3 is 2.47 bits per heavy atom. The van der Waals surface area contributed by atoms with Crippen LogP contribution in [0, 0.1) is 5.82 Å². The second-order valence-corrected chi connectivity index (χ2v) is 4.94. The summed E-state index contributed by atoms with van der Waals surface area (Å²) in [7, 11) is -0.953. The van der Waals surface area contributed by atoms with E-state index in [1.807, 2.05) is 0 Å². The molecule has 0 heterocycles. The van der Waals surface area contributed by atoms with Gasteiger partial charge in [0, 0.05) is 20.2 Å². The third-order valence-corrected chi connectivity index (χ3v) is 3.13. The maximum Gasteiger partial charge on any atom is 0.301 e. The van der Waals surface area contributed by atoms with Gasteiger partial charge < -0.3 is 5.11 Å². The average Bonchev–Trinajstić information content (AvgIpc) is 2.10. The number of halogens is 1. The smallest absolute Gasteiger partial charge is 0.301 e. The van der Waals surface area contributed by atoms with Crippen molar-refractivity contribution in [3.05, 3.63) is 24.0 Å². The summed E-state index contributed by atoms with van der Waals surface area (Å²) < 4.78 is 38.6. The number of aromatic hydroxyl groups is 1. The first kappa shape index (κ1) is 11.7. The van der Waals surface area contributed by atoms with Crippen LogP contribution in [0.25, 0.3) is 0 Å². The fraction of sp³-hybridized carbons (Fsp3) is 0.250. The lowest BCUT2D eigenvalue weighted by Gasteiger charge is -2.13. The van der Waals surface area contributed by atoms with E-state index in [-0.39, 0.29) is 5.69 Å². The van der Waals surface area contributed by atoms with Gasteiger partial charge in [0.1, 0.15) is 0 Å². The molecule has 0 radical (unpaired) electrons. The van der Waals surface area contributed by atoms with E-state index in [4.69, 9.17) is 5.11 Å². The van der Waals surface area contributed by atoms with Crippen molar-refractivity contribution in [1.82, 2.24) is 4.31 Å². The molecule has 0 saturated heterocycles. The number of phenols is 1. The van der Waals surface area contributed by atoms with Crippen LogP contribution in [-0.2, 0) is 10.2 Å². The molecule has 0 amide bonds. The van der Waals surface area contributed by atoms with E-state index in [0.29, 0.717) is 0 Å². The quantitative estimate of drug-likeness (QED) is 0.758. The van der Waals surface area contributed by atoms with Crippen molar-refractivity contribution in [1.29, 1.82) is 0 Å². The van der Waals surface area contributed by atoms with E-state index in [1.54, 1.807) is 0 Å². The van der Waals surface area contributed by atoms with Crippen molar-refractivity contribution < 1.29 is 17.9 Å². The maximum absolute atomic E-state index is 12.9. The molecule has 0 aromatic heterocycles. The van der Waals surface area contributed by atoms with Crippen LogP contribution in [-0.4, -0.2) is 31.9 Å². The van der Waals surface area contributed by atoms with Crippen LogP contribution < -0.4 is 4.72 Å². The van der Waals surface area contributed by atoms with E-state index >= 15 is 0 Å². The summed E-state index contributed by atoms with van der Waals surface area (Å²) >= 11 is 0. The Kier molecular flexibility index (Phi) is 3.15. The SMILES string of the molecule is CN(C)S(=O)(=O)Nc1ccc(O)c(F)c1. The van der Waals surface area contributed by atoms with Crippen molar-refractivity contribution in [3.63, 3.8) is 0 Å². The second-order valence-electron chi connectivity index (χ2n) is 3.06. The summed E-state index contributed by atoms with van der Waals surface area (Å²) in [5.41, 5.74) is 0.0546. The van der Waals surface area contributed by atoms with Gasteiger partial charge in [-0.3, -0.25) is 4.72 Å². The van der Waals surface area contributed by atoms with Crippen LogP contribution in [0.3, 0.4) is 0 Å². The summed E-state index contributed by atoms with van der Waals surface area (Å²) in [5.74, 6) is -1.41. The first-order valence-electron chi connectivity index (χ1n) is 4.02. The van der Waals surface area contributed by atoms with Crippen LogP contribution in [0.15, 0.2) is 18.2 Å². The molecule has 0 aliphatic rings. The Labute approximate surface area is 87.3 Å². The summed E-state index contributed by atoms with van der Waals surface area (Å²) in [6, 6.07) is 3.23. The number of hydrogen-bond donors (Lipinski definition) is 2. The van der Waals surface area contributed by atoms with Gasteiger partial charge in [0.25, 0.3) is 0 Å². The molecule has 0 unspecified atom stereocenters. The van der Waals surface area contributed by atoms with Gasteiger partial charge >= 0.3 is 10.2 Å². The first-order chi connectivity index (χ1) is 6.83. The Hall–Kier alpha value is -1.34. The van der Waals surface area contributed by atoms with Gasteiger partial charge in [0.05, 0.1) is 5.69 Å². The minimum absolute atomic E-state index is 0.0546. The number of hydrogen-bond acceptors (Lipinski definition) is 3. The predicted molar refractivity (Wildman–Crippen MR) is 54.3 cm³/mol. The highest BCUT2D eigenvalue weighted by atomic mass is 32.2. The topological polar surface area (TPSA) is 69.6 Å². The molecule has 84 valence electrons. The monoisotopic (exact) mass is 234 g/mol. The van der Waals surface area contributed by atoms with Crippen LogP contribution in [0.1, 0.15) is 0 Å². The molecule has 1 rings (SSSR count). The van der Waals surface area contributed by atoms with Crippen LogP contribution in [0.2, 0.25) is 0 Å². The Bertz CT molecular complexity index is 459. The van der Waals surface area contributed by atoms with Gasteiger partial charge in [-0.2, -0.15) is 12.7 Å². The number of nitrogens with zero attached hydrogens (tertiary/aromatic N) is 1. The van der Waals surface area contributed by atoms with E-state index in [9.17, 15) is 12.8 Å². The minimum Gasteiger partial charge on any atom is -0.505 e. The van der Waals surface area contributed by atoms with E-state index < -0.39 is 21.8 Å². The minimum atomic E-state index is -3.65. The predicted octanol–water partition coefficient (Wildman–Crippen LogP) is 0.750. The number of nitrogens with one attached hydrogen (secondary N) is 1. The molecule has 0 fully saturated rings. The maximum atomic E-state index is 12.9. The molecular formula is C8H11FN2O3S. The zero-order valence-electron chi connectivity index (χ0n) is 8.23. The molecule has 2 N–H and O–H groups in total. The molecule has 0 atom stereocenters. The number of rotatable bonds is 3. The van der Waals surface area contributed by atoms with Crippen LogP contribution in [0.4, 0.5) is 10.1 Å². The average molecular weight is 234 g/mol. The van der Waals surface area contributed by atoms with Crippen molar-refractivity contribution >= 4 is 15.9 Å². The fourth-order valence-electron chi connectivity index (χ4n) is 0.811. The zero-order valence-corrected chi connectivity index (χ0v) is 9.05. The first-order valence-corrected chi connectivity index (χ1v) is 5.46. The molecule has 1 aromatic carbocycles. The molecule has 0 spiro atoms. The second kappa shape index (κ2) is 4.03.